The molecule has 3 aromatic heterocycles. The molecule has 0 aliphatic carbocycles. The fourth-order valence-corrected chi connectivity index (χ4v) is 6.24. The fraction of sp³-hybridized carbons (Fsp3) is 0. The minimum atomic E-state index is 0.609. The Hall–Kier alpha value is -3.54. The number of benzene rings is 4. The van der Waals surface area contributed by atoms with Crippen molar-refractivity contribution < 1.29 is 0 Å². The summed E-state index contributed by atoms with van der Waals surface area (Å²) >= 11 is 5.31. The van der Waals surface area contributed by atoms with Crippen molar-refractivity contribution in [1.82, 2.24) is 14.5 Å². The van der Waals surface area contributed by atoms with E-state index in [1.165, 1.54) is 31.9 Å². The predicted molar refractivity (Wildman–Crippen MR) is 142 cm³/mol. The molecule has 0 aliphatic rings. The average molecular weight is 506 g/mol. The van der Waals surface area contributed by atoms with Crippen LogP contribution in [-0.4, -0.2) is 14.5 Å². The zero-order valence-corrected chi connectivity index (χ0v) is 19.8. The molecular weight excluding hydrogens is 490 g/mol. The van der Waals surface area contributed by atoms with Crippen LogP contribution >= 0.6 is 27.3 Å². The van der Waals surface area contributed by atoms with Gasteiger partial charge < -0.3 is 4.57 Å². The van der Waals surface area contributed by atoms with E-state index in [0.29, 0.717) is 4.73 Å². The number of fused-ring (bicyclic) bond motifs is 6. The summed E-state index contributed by atoms with van der Waals surface area (Å²) in [5, 5.41) is 3.65. The average Bonchev–Trinajstić information content (AvgIpc) is 3.39. The largest absolute Gasteiger partial charge is 0.309 e. The van der Waals surface area contributed by atoms with Crippen LogP contribution in [0.2, 0.25) is 0 Å². The van der Waals surface area contributed by atoms with Gasteiger partial charge in [0.05, 0.1) is 26.9 Å². The number of aromatic nitrogens is 3. The maximum Gasteiger partial charge on any atom is 0.197 e. The Kier molecular flexibility index (Phi) is 4.16. The Bertz CT molecular complexity index is 1830. The van der Waals surface area contributed by atoms with Crippen LogP contribution in [0.1, 0.15) is 0 Å². The van der Waals surface area contributed by atoms with Crippen molar-refractivity contribution in [2.24, 2.45) is 0 Å². The van der Waals surface area contributed by atoms with Crippen LogP contribution in [0.25, 0.3) is 59.1 Å². The van der Waals surface area contributed by atoms with Gasteiger partial charge in [0.15, 0.2) is 4.73 Å². The highest BCUT2D eigenvalue weighted by molar-refractivity contribution is 9.10. The molecule has 156 valence electrons. The van der Waals surface area contributed by atoms with E-state index in [2.05, 4.69) is 118 Å². The molecule has 0 saturated heterocycles. The zero-order chi connectivity index (χ0) is 21.9. The molecule has 7 rings (SSSR count). The highest BCUT2D eigenvalue weighted by Crippen LogP contribution is 2.40. The van der Waals surface area contributed by atoms with E-state index in [-0.39, 0.29) is 0 Å². The van der Waals surface area contributed by atoms with E-state index in [1.54, 1.807) is 11.3 Å². The van der Waals surface area contributed by atoms with E-state index in [4.69, 9.17) is 9.97 Å². The van der Waals surface area contributed by atoms with Crippen molar-refractivity contribution in [1.29, 1.82) is 0 Å². The van der Waals surface area contributed by atoms with Crippen LogP contribution in [-0.2, 0) is 0 Å². The van der Waals surface area contributed by atoms with Gasteiger partial charge in [-0.25, -0.2) is 9.97 Å². The lowest BCUT2D eigenvalue weighted by molar-refractivity contribution is 1.17. The molecule has 0 bridgehead atoms. The summed E-state index contributed by atoms with van der Waals surface area (Å²) < 4.78 is 5.28. The number of hydrogen-bond acceptors (Lipinski definition) is 3. The molecule has 0 aliphatic heterocycles. The molecule has 5 heteroatoms. The van der Waals surface area contributed by atoms with Gasteiger partial charge in [0.2, 0.25) is 0 Å². The lowest BCUT2D eigenvalue weighted by atomic mass is 10.1. The second-order valence-electron chi connectivity index (χ2n) is 8.04. The van der Waals surface area contributed by atoms with Crippen molar-refractivity contribution in [3.63, 3.8) is 0 Å². The SMILES string of the molecule is Brc1nc(-c2ccc3c4ccccc4n(-c4ccccc4)c3c2)c2sc3ccccc3c2n1. The molecule has 0 radical (unpaired) electrons. The maximum atomic E-state index is 4.84. The Morgan fingerprint density at radius 1 is 0.667 bits per heavy atom. The monoisotopic (exact) mass is 505 g/mol. The highest BCUT2D eigenvalue weighted by atomic mass is 79.9. The molecule has 0 spiro atoms. The summed E-state index contributed by atoms with van der Waals surface area (Å²) in [6.45, 7) is 0. The molecule has 0 N–H and O–H groups in total. The minimum Gasteiger partial charge on any atom is -0.309 e. The van der Waals surface area contributed by atoms with Crippen molar-refractivity contribution in [2.45, 2.75) is 0 Å². The van der Waals surface area contributed by atoms with Crippen LogP contribution in [0.4, 0.5) is 0 Å². The molecular formula is C28H16BrN3S. The molecule has 0 unspecified atom stereocenters. The van der Waals surface area contributed by atoms with Gasteiger partial charge in [-0.15, -0.1) is 11.3 Å². The van der Waals surface area contributed by atoms with Crippen LogP contribution in [0.3, 0.4) is 0 Å². The lowest BCUT2D eigenvalue weighted by Crippen LogP contribution is -1.94. The van der Waals surface area contributed by atoms with Gasteiger partial charge in [0.1, 0.15) is 0 Å². The summed E-state index contributed by atoms with van der Waals surface area (Å²) in [5.74, 6) is 0. The fourth-order valence-electron chi connectivity index (χ4n) is 4.73. The molecule has 7 aromatic rings. The summed E-state index contributed by atoms with van der Waals surface area (Å²) in [4.78, 5) is 9.56. The topological polar surface area (TPSA) is 30.7 Å². The van der Waals surface area contributed by atoms with Gasteiger partial charge in [-0.2, -0.15) is 0 Å². The van der Waals surface area contributed by atoms with Crippen molar-refractivity contribution in [3.05, 3.63) is 102 Å². The van der Waals surface area contributed by atoms with Gasteiger partial charge in [-0.3, -0.25) is 0 Å². The third-order valence-corrected chi connectivity index (χ3v) is 7.68. The van der Waals surface area contributed by atoms with Gasteiger partial charge in [-0.05, 0) is 46.3 Å². The molecule has 33 heavy (non-hydrogen) atoms. The third kappa shape index (κ3) is 2.86. The smallest absolute Gasteiger partial charge is 0.197 e. The first kappa shape index (κ1) is 19.0. The van der Waals surface area contributed by atoms with Crippen LogP contribution in [0, 0.1) is 0 Å². The summed E-state index contributed by atoms with van der Waals surface area (Å²) in [6.07, 6.45) is 0. The number of para-hydroxylation sites is 2. The quantitative estimate of drug-likeness (QED) is 0.221. The maximum absolute atomic E-state index is 4.84. The van der Waals surface area contributed by atoms with Gasteiger partial charge in [-0.1, -0.05) is 66.7 Å². The first-order chi connectivity index (χ1) is 16.3. The van der Waals surface area contributed by atoms with Crippen molar-refractivity contribution in [3.8, 4) is 16.9 Å². The number of nitrogens with zero attached hydrogens (tertiary/aromatic N) is 3. The van der Waals surface area contributed by atoms with E-state index < -0.39 is 0 Å². The highest BCUT2D eigenvalue weighted by Gasteiger charge is 2.17. The molecule has 0 fully saturated rings. The zero-order valence-electron chi connectivity index (χ0n) is 17.4. The van der Waals surface area contributed by atoms with Crippen LogP contribution in [0.5, 0.6) is 0 Å². The number of thiophene rings is 1. The van der Waals surface area contributed by atoms with Gasteiger partial charge >= 0.3 is 0 Å². The normalized spacial score (nSPS) is 11.8. The Balaban J connectivity index is 1.58. The first-order valence-corrected chi connectivity index (χ1v) is 12.3. The Morgan fingerprint density at radius 3 is 2.27 bits per heavy atom. The van der Waals surface area contributed by atoms with E-state index in [0.717, 1.165) is 27.2 Å². The molecule has 0 amide bonds. The van der Waals surface area contributed by atoms with E-state index >= 15 is 0 Å². The first-order valence-electron chi connectivity index (χ1n) is 10.7. The third-order valence-electron chi connectivity index (χ3n) is 6.15. The molecule has 4 aromatic carbocycles. The van der Waals surface area contributed by atoms with Crippen molar-refractivity contribution in [2.75, 3.05) is 0 Å². The number of rotatable bonds is 2. The predicted octanol–water partition coefficient (Wildman–Crippen LogP) is 8.37. The Labute approximate surface area is 202 Å². The molecule has 0 saturated carbocycles. The standard InChI is InChI=1S/C28H16BrN3S/c29-28-30-25(27-26(31-28)21-11-5-7-13-24(21)33-27)17-14-15-20-19-10-4-6-12-22(19)32(23(20)16-17)18-8-2-1-3-9-18/h1-16H. The molecule has 3 nitrogen and oxygen atoms in total. The van der Waals surface area contributed by atoms with E-state index in [1.807, 2.05) is 0 Å². The number of halogens is 1. The van der Waals surface area contributed by atoms with E-state index in [9.17, 15) is 0 Å². The Morgan fingerprint density at radius 2 is 1.39 bits per heavy atom. The lowest BCUT2D eigenvalue weighted by Gasteiger charge is -2.09. The minimum absolute atomic E-state index is 0.609. The summed E-state index contributed by atoms with van der Waals surface area (Å²) in [7, 11) is 0. The molecule has 0 atom stereocenters. The van der Waals surface area contributed by atoms with Crippen molar-refractivity contribution >= 4 is 69.4 Å². The summed E-state index contributed by atoms with van der Waals surface area (Å²) in [6, 6.07) is 34.2. The molecule has 3 heterocycles. The van der Waals surface area contributed by atoms with Gasteiger partial charge in [0.25, 0.3) is 0 Å². The second kappa shape index (κ2) is 7.24. The van der Waals surface area contributed by atoms with Crippen LogP contribution in [0.15, 0.2) is 102 Å². The van der Waals surface area contributed by atoms with Crippen LogP contribution < -0.4 is 0 Å². The second-order valence-corrected chi connectivity index (χ2v) is 9.80. The number of hydrogen-bond donors (Lipinski definition) is 0. The van der Waals surface area contributed by atoms with Gasteiger partial charge in [0, 0.05) is 32.1 Å². The summed E-state index contributed by atoms with van der Waals surface area (Å²) in [5.41, 5.74) is 6.56.